The average molecular weight is 426 g/mol. The molecule has 31 heavy (non-hydrogen) atoms. The number of methoxy groups -OCH3 is 1. The lowest BCUT2D eigenvalue weighted by Crippen LogP contribution is -2.57. The van der Waals surface area contributed by atoms with Crippen molar-refractivity contribution >= 4 is 11.8 Å². The highest BCUT2D eigenvalue weighted by atomic mass is 19.1. The van der Waals surface area contributed by atoms with Crippen LogP contribution in [0.4, 0.5) is 4.39 Å². The number of aryl methyl sites for hydroxylation is 1. The largest absolute Gasteiger partial charge is 0.497 e. The number of ether oxygens (including phenoxy) is 1. The summed E-state index contributed by atoms with van der Waals surface area (Å²) < 4.78 is 19.7. The highest BCUT2D eigenvalue weighted by Crippen LogP contribution is 2.37. The van der Waals surface area contributed by atoms with Gasteiger partial charge in [0.05, 0.1) is 18.6 Å². The molecule has 0 radical (unpaired) electrons. The Labute approximate surface area is 182 Å². The monoisotopic (exact) mass is 425 g/mol. The normalized spacial score (nSPS) is 23.2. The summed E-state index contributed by atoms with van der Waals surface area (Å²) in [5, 5.41) is 3.20. The number of fused-ring (bicyclic) bond motifs is 1. The Morgan fingerprint density at radius 1 is 1.29 bits per heavy atom. The summed E-state index contributed by atoms with van der Waals surface area (Å²) in [6, 6.07) is 12.4. The quantitative estimate of drug-likeness (QED) is 0.818. The van der Waals surface area contributed by atoms with Crippen LogP contribution >= 0.6 is 0 Å². The first-order chi connectivity index (χ1) is 14.8. The van der Waals surface area contributed by atoms with Gasteiger partial charge in [-0.15, -0.1) is 0 Å². The number of rotatable bonds is 4. The molecular formula is C24H28FN3O3. The zero-order valence-corrected chi connectivity index (χ0v) is 18.2. The fourth-order valence-corrected chi connectivity index (χ4v) is 4.83. The Morgan fingerprint density at radius 3 is 2.77 bits per heavy atom. The van der Waals surface area contributed by atoms with Crippen LogP contribution in [0, 0.1) is 11.7 Å². The standard InChI is InChI=1S/C24H28FN3O3/c1-27(2)23(30)20-14-28(13-17-8-9-18(31-3)12-21(17)25)15-24(20)11-10-16-6-4-5-7-19(16)22(29)26-24/h4-9,12,20H,10-11,13-15H2,1-3H3,(H,26,29)/t20-,24+/m1/s1. The number of benzene rings is 2. The number of hydrogen-bond acceptors (Lipinski definition) is 4. The van der Waals surface area contributed by atoms with Gasteiger partial charge in [0.15, 0.2) is 0 Å². The molecule has 2 amide bonds. The second-order valence-corrected chi connectivity index (χ2v) is 8.68. The number of nitrogens with one attached hydrogen (secondary N) is 1. The highest BCUT2D eigenvalue weighted by Gasteiger charge is 2.52. The van der Waals surface area contributed by atoms with E-state index in [1.807, 2.05) is 24.3 Å². The van der Waals surface area contributed by atoms with Gasteiger partial charge in [0.1, 0.15) is 11.6 Å². The highest BCUT2D eigenvalue weighted by molar-refractivity contribution is 5.97. The summed E-state index contributed by atoms with van der Waals surface area (Å²) in [6.45, 7) is 1.30. The van der Waals surface area contributed by atoms with Crippen LogP contribution in [0.5, 0.6) is 5.75 Å². The van der Waals surface area contributed by atoms with Gasteiger partial charge in [-0.3, -0.25) is 14.5 Å². The summed E-state index contributed by atoms with van der Waals surface area (Å²) >= 11 is 0. The molecule has 2 aromatic carbocycles. The maximum atomic E-state index is 14.6. The number of carbonyl (C=O) groups is 2. The van der Waals surface area contributed by atoms with Crippen LogP contribution in [0.3, 0.4) is 0 Å². The number of halogens is 1. The van der Waals surface area contributed by atoms with Gasteiger partial charge in [-0.2, -0.15) is 0 Å². The molecule has 2 heterocycles. The lowest BCUT2D eigenvalue weighted by molar-refractivity contribution is -0.134. The van der Waals surface area contributed by atoms with Crippen molar-refractivity contribution in [1.82, 2.24) is 15.1 Å². The SMILES string of the molecule is COc1ccc(CN2C[C@H](C(=O)N(C)C)[C@]3(CCc4ccccc4C(=O)N3)C2)c(F)c1. The van der Waals surface area contributed by atoms with Gasteiger partial charge in [0.25, 0.3) is 5.91 Å². The van der Waals surface area contributed by atoms with Crippen LogP contribution in [-0.4, -0.2) is 61.4 Å². The van der Waals surface area contributed by atoms with Crippen molar-refractivity contribution in [3.63, 3.8) is 0 Å². The van der Waals surface area contributed by atoms with Crippen LogP contribution in [0.2, 0.25) is 0 Å². The van der Waals surface area contributed by atoms with Gasteiger partial charge in [0, 0.05) is 50.9 Å². The van der Waals surface area contributed by atoms with Gasteiger partial charge in [-0.25, -0.2) is 4.39 Å². The number of hydrogen-bond donors (Lipinski definition) is 1. The van der Waals surface area contributed by atoms with Gasteiger partial charge in [-0.05, 0) is 30.5 Å². The summed E-state index contributed by atoms with van der Waals surface area (Å²) in [4.78, 5) is 29.8. The van der Waals surface area contributed by atoms with E-state index in [0.29, 0.717) is 49.4 Å². The van der Waals surface area contributed by atoms with Gasteiger partial charge < -0.3 is 15.0 Å². The zero-order chi connectivity index (χ0) is 22.2. The molecule has 0 bridgehead atoms. The van der Waals surface area contributed by atoms with E-state index in [2.05, 4.69) is 10.2 Å². The topological polar surface area (TPSA) is 61.9 Å². The van der Waals surface area contributed by atoms with E-state index in [1.54, 1.807) is 31.1 Å². The van der Waals surface area contributed by atoms with E-state index in [1.165, 1.54) is 13.2 Å². The predicted octanol–water partition coefficient (Wildman–Crippen LogP) is 2.47. The van der Waals surface area contributed by atoms with E-state index in [4.69, 9.17) is 4.74 Å². The number of carbonyl (C=O) groups excluding carboxylic acids is 2. The summed E-state index contributed by atoms with van der Waals surface area (Å²) in [5.41, 5.74) is 1.50. The molecule has 0 aliphatic carbocycles. The Hall–Kier alpha value is -2.93. The molecule has 6 nitrogen and oxygen atoms in total. The van der Waals surface area contributed by atoms with E-state index < -0.39 is 11.5 Å². The minimum atomic E-state index is -0.694. The van der Waals surface area contributed by atoms with E-state index in [0.717, 1.165) is 5.56 Å². The first-order valence-corrected chi connectivity index (χ1v) is 10.5. The van der Waals surface area contributed by atoms with Crippen molar-refractivity contribution in [2.24, 2.45) is 5.92 Å². The molecule has 0 aromatic heterocycles. The van der Waals surface area contributed by atoms with Crippen LogP contribution in [0.15, 0.2) is 42.5 Å². The third-order valence-electron chi connectivity index (χ3n) is 6.47. The molecule has 2 aliphatic rings. The zero-order valence-electron chi connectivity index (χ0n) is 18.2. The molecule has 1 spiro atoms. The van der Waals surface area contributed by atoms with Crippen LogP contribution in [0.1, 0.15) is 27.9 Å². The van der Waals surface area contributed by atoms with Crippen molar-refractivity contribution < 1.29 is 18.7 Å². The average Bonchev–Trinajstić information content (AvgIpc) is 3.03. The fourth-order valence-electron chi connectivity index (χ4n) is 4.83. The number of nitrogens with zero attached hydrogens (tertiary/aromatic N) is 2. The molecule has 164 valence electrons. The third-order valence-corrected chi connectivity index (χ3v) is 6.47. The Balaban J connectivity index is 1.63. The second-order valence-electron chi connectivity index (χ2n) is 8.68. The van der Waals surface area contributed by atoms with E-state index in [9.17, 15) is 14.0 Å². The van der Waals surface area contributed by atoms with Crippen molar-refractivity contribution in [3.8, 4) is 5.75 Å². The minimum Gasteiger partial charge on any atom is -0.497 e. The Morgan fingerprint density at radius 2 is 2.06 bits per heavy atom. The first-order valence-electron chi connectivity index (χ1n) is 10.5. The number of likely N-dealkylation sites (tertiary alicyclic amines) is 1. The second kappa shape index (κ2) is 8.30. The smallest absolute Gasteiger partial charge is 0.252 e. The molecule has 0 saturated carbocycles. The molecule has 0 unspecified atom stereocenters. The minimum absolute atomic E-state index is 0.0241. The molecule has 2 atom stereocenters. The van der Waals surface area contributed by atoms with Crippen LogP contribution < -0.4 is 10.1 Å². The molecule has 1 N–H and O–H groups in total. The van der Waals surface area contributed by atoms with E-state index >= 15 is 0 Å². The summed E-state index contributed by atoms with van der Waals surface area (Å²) in [7, 11) is 4.97. The molecule has 2 aromatic rings. The molecule has 1 saturated heterocycles. The lowest BCUT2D eigenvalue weighted by Gasteiger charge is -2.35. The Bertz CT molecular complexity index is 1010. The van der Waals surface area contributed by atoms with Crippen LogP contribution in [-0.2, 0) is 17.8 Å². The van der Waals surface area contributed by atoms with Crippen molar-refractivity contribution in [2.45, 2.75) is 24.9 Å². The Kier molecular flexibility index (Phi) is 5.71. The molecule has 4 rings (SSSR count). The van der Waals surface area contributed by atoms with Gasteiger partial charge in [0.2, 0.25) is 5.91 Å². The van der Waals surface area contributed by atoms with Crippen molar-refractivity contribution in [3.05, 3.63) is 65.0 Å². The summed E-state index contributed by atoms with van der Waals surface area (Å²) in [6.07, 6.45) is 1.36. The van der Waals surface area contributed by atoms with Crippen molar-refractivity contribution in [2.75, 3.05) is 34.3 Å². The van der Waals surface area contributed by atoms with Crippen LogP contribution in [0.25, 0.3) is 0 Å². The third kappa shape index (κ3) is 4.02. The first kappa shape index (κ1) is 21.3. The van der Waals surface area contributed by atoms with Gasteiger partial charge in [-0.1, -0.05) is 24.3 Å². The fraction of sp³-hybridized carbons (Fsp3) is 0.417. The number of amides is 2. The molecule has 2 aliphatic heterocycles. The lowest BCUT2D eigenvalue weighted by atomic mass is 9.81. The predicted molar refractivity (Wildman–Crippen MR) is 115 cm³/mol. The maximum absolute atomic E-state index is 14.6. The van der Waals surface area contributed by atoms with Crippen molar-refractivity contribution in [1.29, 1.82) is 0 Å². The van der Waals surface area contributed by atoms with Gasteiger partial charge >= 0.3 is 0 Å². The summed E-state index contributed by atoms with van der Waals surface area (Å²) in [5.74, 6) is -0.449. The van der Waals surface area contributed by atoms with E-state index in [-0.39, 0.29) is 17.6 Å². The maximum Gasteiger partial charge on any atom is 0.252 e. The molecule has 1 fully saturated rings. The molecule has 7 heteroatoms. The molecular weight excluding hydrogens is 397 g/mol.